The molecule has 16 heavy (non-hydrogen) atoms. The van der Waals surface area contributed by atoms with Gasteiger partial charge in [-0.15, -0.1) is 0 Å². The largest absolute Gasteiger partial charge is 0.329 e. The molecule has 1 aromatic rings. The molecule has 90 valence electrons. The van der Waals surface area contributed by atoms with E-state index in [-0.39, 0.29) is 11.2 Å². The standard InChI is InChI=1S/C12H21N3O/c1-4-12(2,9-13)11(16)6-5-10-7-14-15(3)8-10/h7-8H,4-6,9,13H2,1-3H3. The number of carbonyl (C=O) groups excluding carboxylic acids is 1. The highest BCUT2D eigenvalue weighted by Gasteiger charge is 2.28. The van der Waals surface area contributed by atoms with E-state index in [1.807, 2.05) is 27.1 Å². The molecule has 0 radical (unpaired) electrons. The Bertz CT molecular complexity index is 353. The zero-order valence-corrected chi connectivity index (χ0v) is 10.4. The van der Waals surface area contributed by atoms with E-state index in [9.17, 15) is 4.79 Å². The minimum atomic E-state index is -0.359. The summed E-state index contributed by atoms with van der Waals surface area (Å²) in [5, 5.41) is 4.08. The lowest BCUT2D eigenvalue weighted by Gasteiger charge is -2.24. The van der Waals surface area contributed by atoms with Crippen molar-refractivity contribution in [2.75, 3.05) is 6.54 Å². The molecule has 1 atom stereocenters. The van der Waals surface area contributed by atoms with Crippen molar-refractivity contribution in [1.82, 2.24) is 9.78 Å². The highest BCUT2D eigenvalue weighted by molar-refractivity contribution is 5.84. The Morgan fingerprint density at radius 1 is 1.62 bits per heavy atom. The summed E-state index contributed by atoms with van der Waals surface area (Å²) in [4.78, 5) is 12.0. The van der Waals surface area contributed by atoms with E-state index in [4.69, 9.17) is 5.73 Å². The lowest BCUT2D eigenvalue weighted by Crippen LogP contribution is -2.35. The van der Waals surface area contributed by atoms with Crippen molar-refractivity contribution in [3.05, 3.63) is 18.0 Å². The van der Waals surface area contributed by atoms with Crippen LogP contribution in [0.1, 0.15) is 32.3 Å². The van der Waals surface area contributed by atoms with Gasteiger partial charge < -0.3 is 5.73 Å². The first kappa shape index (κ1) is 12.9. The number of hydrogen-bond donors (Lipinski definition) is 1. The number of aryl methyl sites for hydroxylation is 2. The van der Waals surface area contributed by atoms with Crippen LogP contribution in [-0.4, -0.2) is 22.1 Å². The van der Waals surface area contributed by atoms with Gasteiger partial charge >= 0.3 is 0 Å². The van der Waals surface area contributed by atoms with Crippen LogP contribution in [0.5, 0.6) is 0 Å². The summed E-state index contributed by atoms with van der Waals surface area (Å²) in [7, 11) is 1.88. The van der Waals surface area contributed by atoms with E-state index in [1.54, 1.807) is 10.9 Å². The van der Waals surface area contributed by atoms with E-state index in [1.165, 1.54) is 0 Å². The molecule has 0 amide bonds. The van der Waals surface area contributed by atoms with Crippen LogP contribution in [0.4, 0.5) is 0 Å². The molecule has 4 nitrogen and oxygen atoms in total. The molecule has 0 saturated heterocycles. The summed E-state index contributed by atoms with van der Waals surface area (Å²) in [6.07, 6.45) is 5.85. The van der Waals surface area contributed by atoms with Gasteiger partial charge in [-0.1, -0.05) is 13.8 Å². The van der Waals surface area contributed by atoms with Crippen LogP contribution in [0.25, 0.3) is 0 Å². The Hall–Kier alpha value is -1.16. The van der Waals surface area contributed by atoms with Crippen LogP contribution >= 0.6 is 0 Å². The van der Waals surface area contributed by atoms with Crippen molar-refractivity contribution >= 4 is 5.78 Å². The molecule has 0 fully saturated rings. The average Bonchev–Trinajstić information content (AvgIpc) is 2.70. The van der Waals surface area contributed by atoms with Gasteiger partial charge in [0.15, 0.2) is 0 Å². The molecule has 0 bridgehead atoms. The maximum Gasteiger partial charge on any atom is 0.140 e. The molecule has 1 heterocycles. The number of carbonyl (C=O) groups is 1. The highest BCUT2D eigenvalue weighted by Crippen LogP contribution is 2.23. The molecule has 1 unspecified atom stereocenters. The molecule has 2 N–H and O–H groups in total. The predicted molar refractivity (Wildman–Crippen MR) is 64.0 cm³/mol. The summed E-state index contributed by atoms with van der Waals surface area (Å²) < 4.78 is 1.75. The van der Waals surface area contributed by atoms with Gasteiger partial charge in [-0.25, -0.2) is 0 Å². The Kier molecular flexibility index (Phi) is 4.24. The quantitative estimate of drug-likeness (QED) is 0.790. The van der Waals surface area contributed by atoms with Crippen LogP contribution in [0.2, 0.25) is 0 Å². The number of Topliss-reactive ketones (excluding diaryl/α,β-unsaturated/α-hetero) is 1. The SMILES string of the molecule is CCC(C)(CN)C(=O)CCc1cnn(C)c1. The molecule has 0 aliphatic heterocycles. The molecule has 0 spiro atoms. The molecule has 1 rings (SSSR count). The van der Waals surface area contributed by atoms with E-state index in [0.29, 0.717) is 13.0 Å². The zero-order chi connectivity index (χ0) is 12.2. The number of nitrogens with zero attached hydrogens (tertiary/aromatic N) is 2. The number of aromatic nitrogens is 2. The van der Waals surface area contributed by atoms with Gasteiger partial charge in [-0.05, 0) is 18.4 Å². The predicted octanol–water partition coefficient (Wildman–Crippen LogP) is 1.30. The molecule has 0 aromatic carbocycles. The molecule has 0 saturated carbocycles. The van der Waals surface area contributed by atoms with Gasteiger partial charge in [-0.3, -0.25) is 9.48 Å². The van der Waals surface area contributed by atoms with E-state index in [0.717, 1.165) is 18.4 Å². The maximum atomic E-state index is 12.0. The maximum absolute atomic E-state index is 12.0. The van der Waals surface area contributed by atoms with Gasteiger partial charge in [0.25, 0.3) is 0 Å². The second-order valence-corrected chi connectivity index (χ2v) is 4.56. The average molecular weight is 223 g/mol. The summed E-state index contributed by atoms with van der Waals surface area (Å²) >= 11 is 0. The Morgan fingerprint density at radius 3 is 2.75 bits per heavy atom. The molecular formula is C12H21N3O. The smallest absolute Gasteiger partial charge is 0.140 e. The van der Waals surface area contributed by atoms with Crippen molar-refractivity contribution in [2.24, 2.45) is 18.2 Å². The summed E-state index contributed by atoms with van der Waals surface area (Å²) in [6, 6.07) is 0. The van der Waals surface area contributed by atoms with Gasteiger partial charge in [-0.2, -0.15) is 5.10 Å². The third-order valence-corrected chi connectivity index (χ3v) is 3.30. The topological polar surface area (TPSA) is 60.9 Å². The molecule has 0 aliphatic carbocycles. The minimum absolute atomic E-state index is 0.251. The third-order valence-electron chi connectivity index (χ3n) is 3.30. The Morgan fingerprint density at radius 2 is 2.31 bits per heavy atom. The van der Waals surface area contributed by atoms with E-state index in [2.05, 4.69) is 5.10 Å². The van der Waals surface area contributed by atoms with Crippen molar-refractivity contribution in [3.63, 3.8) is 0 Å². The fraction of sp³-hybridized carbons (Fsp3) is 0.667. The lowest BCUT2D eigenvalue weighted by molar-refractivity contribution is -0.127. The van der Waals surface area contributed by atoms with Crippen molar-refractivity contribution < 1.29 is 4.79 Å². The van der Waals surface area contributed by atoms with Gasteiger partial charge in [0.2, 0.25) is 0 Å². The number of ketones is 1. The molecular weight excluding hydrogens is 202 g/mol. The normalized spacial score (nSPS) is 14.8. The second kappa shape index (κ2) is 5.25. The molecule has 4 heteroatoms. The van der Waals surface area contributed by atoms with Crippen LogP contribution in [0, 0.1) is 5.41 Å². The van der Waals surface area contributed by atoms with Gasteiger partial charge in [0, 0.05) is 31.6 Å². The van der Waals surface area contributed by atoms with Crippen LogP contribution in [-0.2, 0) is 18.3 Å². The summed E-state index contributed by atoms with van der Waals surface area (Å²) in [5.74, 6) is 0.251. The van der Waals surface area contributed by atoms with Gasteiger partial charge in [0.1, 0.15) is 5.78 Å². The number of nitrogens with two attached hydrogens (primary N) is 1. The monoisotopic (exact) mass is 223 g/mol. The van der Waals surface area contributed by atoms with Gasteiger partial charge in [0.05, 0.1) is 6.20 Å². The van der Waals surface area contributed by atoms with Crippen LogP contribution in [0.15, 0.2) is 12.4 Å². The summed E-state index contributed by atoms with van der Waals surface area (Å²) in [6.45, 7) is 4.38. The first-order chi connectivity index (χ1) is 7.51. The van der Waals surface area contributed by atoms with Crippen molar-refractivity contribution in [2.45, 2.75) is 33.1 Å². The van der Waals surface area contributed by atoms with Crippen molar-refractivity contribution in [1.29, 1.82) is 0 Å². The second-order valence-electron chi connectivity index (χ2n) is 4.56. The fourth-order valence-electron chi connectivity index (χ4n) is 1.62. The minimum Gasteiger partial charge on any atom is -0.329 e. The summed E-state index contributed by atoms with van der Waals surface area (Å²) in [5.41, 5.74) is 6.40. The first-order valence-electron chi connectivity index (χ1n) is 5.72. The van der Waals surface area contributed by atoms with E-state index >= 15 is 0 Å². The third kappa shape index (κ3) is 2.92. The first-order valence-corrected chi connectivity index (χ1v) is 5.72. The fourth-order valence-corrected chi connectivity index (χ4v) is 1.62. The van der Waals surface area contributed by atoms with Crippen LogP contribution in [0.3, 0.4) is 0 Å². The van der Waals surface area contributed by atoms with Crippen LogP contribution < -0.4 is 5.73 Å². The number of rotatable bonds is 6. The zero-order valence-electron chi connectivity index (χ0n) is 10.4. The highest BCUT2D eigenvalue weighted by atomic mass is 16.1. The Labute approximate surface area is 96.8 Å². The van der Waals surface area contributed by atoms with E-state index < -0.39 is 0 Å². The lowest BCUT2D eigenvalue weighted by atomic mass is 9.81. The molecule has 1 aromatic heterocycles. The Balaban J connectivity index is 2.52. The molecule has 0 aliphatic rings. The number of hydrogen-bond acceptors (Lipinski definition) is 3. The van der Waals surface area contributed by atoms with Crippen molar-refractivity contribution in [3.8, 4) is 0 Å².